The summed E-state index contributed by atoms with van der Waals surface area (Å²) in [7, 11) is 1.44. The molecule has 0 spiro atoms. The summed E-state index contributed by atoms with van der Waals surface area (Å²) in [5, 5.41) is 23.8. The van der Waals surface area contributed by atoms with Crippen molar-refractivity contribution < 1.29 is 39.0 Å². The number of amidine groups is 1. The van der Waals surface area contributed by atoms with Crippen LogP contribution in [0.25, 0.3) is 0 Å². The molecule has 1 fully saturated rings. The highest BCUT2D eigenvalue weighted by molar-refractivity contribution is 6.42. The first-order chi connectivity index (χ1) is 20.1. The molecule has 2 aromatic carbocycles. The molecule has 13 heteroatoms. The van der Waals surface area contributed by atoms with Crippen molar-refractivity contribution in [3.05, 3.63) is 65.2 Å². The number of nitrogens with two attached hydrogens (primary N) is 1. The number of amides is 2. The summed E-state index contributed by atoms with van der Waals surface area (Å²) in [6, 6.07) is 13.3. The van der Waals surface area contributed by atoms with Gasteiger partial charge in [-0.1, -0.05) is 54.5 Å². The molecule has 5 N–H and O–H groups in total. The highest BCUT2D eigenvalue weighted by Crippen LogP contribution is 2.35. The number of benzene rings is 2. The van der Waals surface area contributed by atoms with Crippen LogP contribution >= 0.6 is 0 Å². The number of rotatable bonds is 11. The van der Waals surface area contributed by atoms with Gasteiger partial charge in [0.05, 0.1) is 11.8 Å². The summed E-state index contributed by atoms with van der Waals surface area (Å²) in [5.41, 5.74) is 7.74. The molecular formula is C29H33N5O8. The molecule has 0 bridgehead atoms. The fourth-order valence-corrected chi connectivity index (χ4v) is 4.99. The van der Waals surface area contributed by atoms with E-state index in [1.165, 1.54) is 7.11 Å². The van der Waals surface area contributed by atoms with Crippen molar-refractivity contribution in [3.63, 3.8) is 0 Å². The third-order valence-electron chi connectivity index (χ3n) is 7.27. The molecule has 2 aliphatic heterocycles. The van der Waals surface area contributed by atoms with Crippen molar-refractivity contribution in [1.82, 2.24) is 10.2 Å². The van der Waals surface area contributed by atoms with Gasteiger partial charge in [0.25, 0.3) is 5.91 Å². The van der Waals surface area contributed by atoms with Crippen molar-refractivity contribution in [1.29, 1.82) is 0 Å². The monoisotopic (exact) mass is 579 g/mol. The number of ketones is 1. The number of para-hydroxylation sites is 1. The number of aliphatic carboxylic acids is 1. The Labute approximate surface area is 242 Å². The number of oxime groups is 1. The molecule has 2 aromatic rings. The Hall–Kier alpha value is -4.62. The van der Waals surface area contributed by atoms with Crippen LogP contribution in [0.1, 0.15) is 53.8 Å². The number of likely N-dealkylation sites (tertiary alicyclic amines) is 1. The first-order valence-corrected chi connectivity index (χ1v) is 13.4. The number of piperidine rings is 1. The van der Waals surface area contributed by atoms with Gasteiger partial charge in [0.1, 0.15) is 11.8 Å². The predicted octanol–water partition coefficient (Wildman–Crippen LogP) is 2.00. The van der Waals surface area contributed by atoms with Gasteiger partial charge >= 0.3 is 5.97 Å². The van der Waals surface area contributed by atoms with Crippen LogP contribution in [0.2, 0.25) is 0 Å². The van der Waals surface area contributed by atoms with Gasteiger partial charge in [-0.05, 0) is 18.9 Å². The maximum absolute atomic E-state index is 13.0. The lowest BCUT2D eigenvalue weighted by atomic mass is 9.96. The van der Waals surface area contributed by atoms with Crippen LogP contribution in [0.5, 0.6) is 0 Å². The molecule has 2 heterocycles. The van der Waals surface area contributed by atoms with Crippen LogP contribution in [0.3, 0.4) is 0 Å². The fraction of sp³-hybridized carbons (Fsp3) is 0.379. The number of aliphatic imine (C=N–C) groups is 1. The summed E-state index contributed by atoms with van der Waals surface area (Å²) >= 11 is 0. The minimum absolute atomic E-state index is 0.00151. The van der Waals surface area contributed by atoms with Crippen LogP contribution in [-0.2, 0) is 23.9 Å². The summed E-state index contributed by atoms with van der Waals surface area (Å²) in [4.78, 5) is 56.5. The Kier molecular flexibility index (Phi) is 9.65. The third-order valence-corrected chi connectivity index (χ3v) is 7.27. The van der Waals surface area contributed by atoms with Gasteiger partial charge < -0.3 is 35.7 Å². The Balaban J connectivity index is 1.28. The van der Waals surface area contributed by atoms with Crippen LogP contribution in [0.15, 0.2) is 58.7 Å². The molecule has 3 atom stereocenters. The zero-order valence-electron chi connectivity index (χ0n) is 23.2. The SMILES string of the molecule is COC1C(C(=O)N[C@@H](OC2CCN(C(=O)C(C)CC(=O)c3ccc(/C(N)=N/O)cc3)CC2)C(=O)O)=Nc2ccccc21. The van der Waals surface area contributed by atoms with Crippen LogP contribution in [-0.4, -0.2) is 82.9 Å². The second-order valence-electron chi connectivity index (χ2n) is 10.1. The van der Waals surface area contributed by atoms with E-state index in [0.717, 1.165) is 0 Å². The van der Waals surface area contributed by atoms with E-state index in [4.69, 9.17) is 20.4 Å². The highest BCUT2D eigenvalue weighted by atomic mass is 16.5. The smallest absolute Gasteiger partial charge is 0.354 e. The Morgan fingerprint density at radius 2 is 1.74 bits per heavy atom. The molecule has 4 rings (SSSR count). The average molecular weight is 580 g/mol. The second-order valence-corrected chi connectivity index (χ2v) is 10.1. The Morgan fingerprint density at radius 1 is 1.10 bits per heavy atom. The lowest BCUT2D eigenvalue weighted by Gasteiger charge is -2.34. The van der Waals surface area contributed by atoms with Crippen molar-refractivity contribution in [2.24, 2.45) is 21.8 Å². The quantitative estimate of drug-likeness (QED) is 0.0769. The number of nitrogens with zero attached hydrogens (tertiary/aromatic N) is 3. The largest absolute Gasteiger partial charge is 0.478 e. The number of nitrogens with one attached hydrogen (secondary N) is 1. The van der Waals surface area contributed by atoms with E-state index in [0.29, 0.717) is 48.3 Å². The Morgan fingerprint density at radius 3 is 2.36 bits per heavy atom. The molecule has 2 aliphatic rings. The molecular weight excluding hydrogens is 546 g/mol. The number of carboxylic acids is 1. The lowest BCUT2D eigenvalue weighted by Crippen LogP contribution is -2.50. The fourth-order valence-electron chi connectivity index (χ4n) is 4.99. The number of ether oxygens (including phenoxy) is 2. The molecule has 2 unspecified atom stereocenters. The zero-order valence-corrected chi connectivity index (χ0v) is 23.2. The van der Waals surface area contributed by atoms with E-state index in [2.05, 4.69) is 15.5 Å². The summed E-state index contributed by atoms with van der Waals surface area (Å²) in [6.45, 7) is 2.30. The van der Waals surface area contributed by atoms with Crippen LogP contribution in [0, 0.1) is 5.92 Å². The molecule has 42 heavy (non-hydrogen) atoms. The number of Topliss-reactive ketones (excluding diaryl/α,β-unsaturated/α-hetero) is 1. The van der Waals surface area contributed by atoms with Crippen molar-refractivity contribution >= 4 is 40.8 Å². The molecule has 2 amide bonds. The first kappa shape index (κ1) is 30.3. The molecule has 13 nitrogen and oxygen atoms in total. The molecule has 0 aromatic heterocycles. The van der Waals surface area contributed by atoms with Gasteiger partial charge in [0.2, 0.25) is 12.1 Å². The molecule has 0 aliphatic carbocycles. The third kappa shape index (κ3) is 6.81. The van der Waals surface area contributed by atoms with Gasteiger partial charge in [-0.3, -0.25) is 14.4 Å². The van der Waals surface area contributed by atoms with Crippen molar-refractivity contribution in [3.8, 4) is 0 Å². The number of carbonyl (C=O) groups is 4. The van der Waals surface area contributed by atoms with Gasteiger partial charge in [0.15, 0.2) is 11.6 Å². The average Bonchev–Trinajstić information content (AvgIpc) is 3.39. The van der Waals surface area contributed by atoms with E-state index in [1.54, 1.807) is 60.4 Å². The van der Waals surface area contributed by atoms with Crippen LogP contribution in [0.4, 0.5) is 5.69 Å². The van der Waals surface area contributed by atoms with Crippen molar-refractivity contribution in [2.75, 3.05) is 20.2 Å². The maximum atomic E-state index is 13.0. The second kappa shape index (κ2) is 13.4. The van der Waals surface area contributed by atoms with E-state index in [1.807, 2.05) is 0 Å². The highest BCUT2D eigenvalue weighted by Gasteiger charge is 2.36. The van der Waals surface area contributed by atoms with Gasteiger partial charge in [-0.15, -0.1) is 0 Å². The minimum Gasteiger partial charge on any atom is -0.478 e. The van der Waals surface area contributed by atoms with Gasteiger partial charge in [0, 0.05) is 49.2 Å². The first-order valence-electron chi connectivity index (χ1n) is 13.4. The van der Waals surface area contributed by atoms with Crippen LogP contribution < -0.4 is 11.1 Å². The predicted molar refractivity (Wildman–Crippen MR) is 151 cm³/mol. The van der Waals surface area contributed by atoms with Gasteiger partial charge in [-0.2, -0.15) is 0 Å². The van der Waals surface area contributed by atoms with E-state index in [-0.39, 0.29) is 29.7 Å². The van der Waals surface area contributed by atoms with E-state index >= 15 is 0 Å². The molecule has 0 radical (unpaired) electrons. The van der Waals surface area contributed by atoms with E-state index in [9.17, 15) is 24.3 Å². The minimum atomic E-state index is -1.62. The number of methoxy groups -OCH3 is 1. The molecule has 1 saturated heterocycles. The Bertz CT molecular complexity index is 1400. The topological polar surface area (TPSA) is 193 Å². The zero-order chi connectivity index (χ0) is 30.4. The summed E-state index contributed by atoms with van der Waals surface area (Å²) in [5.74, 6) is -3.13. The standard InChI is InChI=1S/C29H33N5O8/c1-16(15-22(35)17-7-9-18(10-8-17)25(30)33-40)28(37)34-13-11-19(12-14-34)42-27(29(38)39)32-26(36)23-24(41-2)20-5-3-4-6-21(20)31-23/h3-10,16,19,24,27,40H,11-15H2,1-2H3,(H2,30,33)(H,32,36)(H,38,39)/t16?,24?,27-/m0/s1. The number of carboxylic acid groups (broad SMARTS) is 1. The van der Waals surface area contributed by atoms with Gasteiger partial charge in [-0.25, -0.2) is 9.79 Å². The number of hydrogen-bond donors (Lipinski definition) is 4. The number of fused-ring (bicyclic) bond motifs is 1. The maximum Gasteiger partial charge on any atom is 0.354 e. The lowest BCUT2D eigenvalue weighted by molar-refractivity contribution is -0.162. The van der Waals surface area contributed by atoms with Crippen molar-refractivity contribution in [2.45, 2.75) is 44.6 Å². The molecule has 222 valence electrons. The van der Waals surface area contributed by atoms with E-state index < -0.39 is 36.2 Å². The summed E-state index contributed by atoms with van der Waals surface area (Å²) in [6.07, 6.45) is -2.14. The normalized spacial score (nSPS) is 18.5. The summed E-state index contributed by atoms with van der Waals surface area (Å²) < 4.78 is 11.2. The number of hydrogen-bond acceptors (Lipinski definition) is 9. The molecule has 0 saturated carbocycles. The number of carbonyl (C=O) groups excluding carboxylic acids is 3.